The standard InChI is InChI=1S/C9H17BO2/c1-8(2)6(5-11)12-7(10)9(8,3)4/h6-7,11H,5H2,1-4H3/t6-,7+/m0/s1. The lowest BCUT2D eigenvalue weighted by Gasteiger charge is -2.37. The monoisotopic (exact) mass is 168 g/mol. The molecule has 1 aliphatic heterocycles. The van der Waals surface area contributed by atoms with Crippen molar-refractivity contribution < 1.29 is 9.84 Å². The molecule has 2 nitrogen and oxygen atoms in total. The van der Waals surface area contributed by atoms with Gasteiger partial charge in [-0.25, -0.2) is 0 Å². The van der Waals surface area contributed by atoms with Crippen LogP contribution in [0, 0.1) is 10.8 Å². The van der Waals surface area contributed by atoms with Gasteiger partial charge in [-0.1, -0.05) is 27.7 Å². The lowest BCUT2D eigenvalue weighted by Crippen LogP contribution is -2.39. The second-order valence-corrected chi connectivity index (χ2v) is 4.67. The van der Waals surface area contributed by atoms with E-state index in [1.807, 2.05) is 0 Å². The third-order valence-corrected chi connectivity index (χ3v) is 3.65. The molecule has 0 aromatic heterocycles. The van der Waals surface area contributed by atoms with Gasteiger partial charge in [0.1, 0.15) is 7.85 Å². The third-order valence-electron chi connectivity index (χ3n) is 3.65. The van der Waals surface area contributed by atoms with E-state index in [0.717, 1.165) is 0 Å². The lowest BCUT2D eigenvalue weighted by atomic mass is 9.61. The molecule has 1 saturated heterocycles. The van der Waals surface area contributed by atoms with Gasteiger partial charge in [0, 0.05) is 6.00 Å². The summed E-state index contributed by atoms with van der Waals surface area (Å²) in [5.41, 5.74) is -0.151. The van der Waals surface area contributed by atoms with Gasteiger partial charge in [-0.05, 0) is 10.8 Å². The van der Waals surface area contributed by atoms with Gasteiger partial charge in [-0.3, -0.25) is 0 Å². The number of aliphatic hydroxyl groups is 1. The van der Waals surface area contributed by atoms with Crippen molar-refractivity contribution in [3.63, 3.8) is 0 Å². The van der Waals surface area contributed by atoms with Crippen molar-refractivity contribution in [2.45, 2.75) is 39.8 Å². The van der Waals surface area contributed by atoms with Gasteiger partial charge >= 0.3 is 0 Å². The molecule has 1 heterocycles. The van der Waals surface area contributed by atoms with E-state index in [1.165, 1.54) is 0 Å². The maximum Gasteiger partial charge on any atom is 0.109 e. The van der Waals surface area contributed by atoms with Crippen molar-refractivity contribution >= 4 is 7.85 Å². The maximum atomic E-state index is 9.07. The molecule has 0 amide bonds. The fourth-order valence-electron chi connectivity index (χ4n) is 1.57. The number of aliphatic hydroxyl groups excluding tert-OH is 1. The van der Waals surface area contributed by atoms with Crippen molar-refractivity contribution in [1.29, 1.82) is 0 Å². The molecular formula is C9H17BO2. The number of hydrogen-bond donors (Lipinski definition) is 1. The van der Waals surface area contributed by atoms with Crippen LogP contribution in [-0.2, 0) is 4.74 Å². The first-order valence-corrected chi connectivity index (χ1v) is 4.36. The quantitative estimate of drug-likeness (QED) is 0.590. The SMILES string of the molecule is [B][C@@H]1O[C@@H](CO)C(C)(C)C1(C)C. The molecule has 2 atom stereocenters. The van der Waals surface area contributed by atoms with Gasteiger partial charge in [0.2, 0.25) is 0 Å². The summed E-state index contributed by atoms with van der Waals surface area (Å²) in [4.78, 5) is 0. The summed E-state index contributed by atoms with van der Waals surface area (Å²) in [5.74, 6) is 0. The molecule has 1 fully saturated rings. The van der Waals surface area contributed by atoms with Crippen molar-refractivity contribution in [3.8, 4) is 0 Å². The molecule has 0 unspecified atom stereocenters. The second-order valence-electron chi connectivity index (χ2n) is 4.67. The van der Waals surface area contributed by atoms with E-state index in [4.69, 9.17) is 17.7 Å². The number of rotatable bonds is 1. The Kier molecular flexibility index (Phi) is 2.30. The van der Waals surface area contributed by atoms with Gasteiger partial charge < -0.3 is 9.84 Å². The molecule has 1 aliphatic rings. The zero-order chi connectivity index (χ0) is 9.57. The molecule has 3 heteroatoms. The zero-order valence-electron chi connectivity index (χ0n) is 8.29. The molecule has 0 spiro atoms. The molecule has 0 saturated carbocycles. The van der Waals surface area contributed by atoms with Gasteiger partial charge in [-0.2, -0.15) is 0 Å². The minimum Gasteiger partial charge on any atom is -0.394 e. The Morgan fingerprint density at radius 1 is 1.25 bits per heavy atom. The van der Waals surface area contributed by atoms with E-state index < -0.39 is 0 Å². The van der Waals surface area contributed by atoms with Gasteiger partial charge in [0.15, 0.2) is 0 Å². The van der Waals surface area contributed by atoms with E-state index in [1.54, 1.807) is 0 Å². The molecule has 0 bridgehead atoms. The average molecular weight is 168 g/mol. The molecule has 0 aliphatic carbocycles. The average Bonchev–Trinajstić information content (AvgIpc) is 2.10. The summed E-state index contributed by atoms with van der Waals surface area (Å²) in [6, 6.07) is -0.273. The minimum atomic E-state index is -0.273. The minimum absolute atomic E-state index is 0.0458. The molecule has 68 valence electrons. The Morgan fingerprint density at radius 3 is 1.92 bits per heavy atom. The van der Waals surface area contributed by atoms with Crippen LogP contribution < -0.4 is 0 Å². The molecule has 2 radical (unpaired) electrons. The van der Waals surface area contributed by atoms with Crippen molar-refractivity contribution in [1.82, 2.24) is 0 Å². The first-order chi connectivity index (χ1) is 5.34. The molecule has 0 aromatic rings. The summed E-state index contributed by atoms with van der Waals surface area (Å²) in [6.45, 7) is 8.37. The van der Waals surface area contributed by atoms with Crippen LogP contribution in [0.5, 0.6) is 0 Å². The number of hydrogen-bond acceptors (Lipinski definition) is 2. The Hall–Kier alpha value is -0.0151. The Morgan fingerprint density at radius 2 is 1.75 bits per heavy atom. The summed E-state index contributed by atoms with van der Waals surface area (Å²) >= 11 is 0. The van der Waals surface area contributed by atoms with E-state index in [-0.39, 0.29) is 29.5 Å². The van der Waals surface area contributed by atoms with Crippen molar-refractivity contribution in [2.24, 2.45) is 10.8 Å². The van der Waals surface area contributed by atoms with E-state index in [0.29, 0.717) is 0 Å². The fourth-order valence-corrected chi connectivity index (χ4v) is 1.57. The predicted octanol–water partition coefficient (Wildman–Crippen LogP) is 0.924. The van der Waals surface area contributed by atoms with Gasteiger partial charge in [0.05, 0.1) is 12.7 Å². The summed E-state index contributed by atoms with van der Waals surface area (Å²) in [7, 11) is 5.82. The summed E-state index contributed by atoms with van der Waals surface area (Å²) in [6.07, 6.45) is -0.137. The van der Waals surface area contributed by atoms with E-state index >= 15 is 0 Å². The van der Waals surface area contributed by atoms with Crippen LogP contribution >= 0.6 is 0 Å². The maximum absolute atomic E-state index is 9.07. The van der Waals surface area contributed by atoms with E-state index in [9.17, 15) is 0 Å². The lowest BCUT2D eigenvalue weighted by molar-refractivity contribution is 0.00544. The van der Waals surface area contributed by atoms with Gasteiger partial charge in [0.25, 0.3) is 0 Å². The fraction of sp³-hybridized carbons (Fsp3) is 1.00. The second kappa shape index (κ2) is 2.74. The molecular weight excluding hydrogens is 151 g/mol. The van der Waals surface area contributed by atoms with Crippen LogP contribution in [0.2, 0.25) is 0 Å². The van der Waals surface area contributed by atoms with Crippen LogP contribution in [0.4, 0.5) is 0 Å². The Labute approximate surface area is 75.7 Å². The Balaban J connectivity index is 2.92. The first kappa shape index (κ1) is 10.1. The van der Waals surface area contributed by atoms with E-state index in [2.05, 4.69) is 27.7 Å². The Bertz CT molecular complexity index is 177. The normalized spacial score (nSPS) is 38.4. The summed E-state index contributed by atoms with van der Waals surface area (Å²) < 4.78 is 5.47. The predicted molar refractivity (Wildman–Crippen MR) is 49.1 cm³/mol. The molecule has 12 heavy (non-hydrogen) atoms. The van der Waals surface area contributed by atoms with Crippen LogP contribution in [0.25, 0.3) is 0 Å². The topological polar surface area (TPSA) is 29.5 Å². The van der Waals surface area contributed by atoms with Crippen molar-refractivity contribution in [2.75, 3.05) is 6.61 Å². The highest BCUT2D eigenvalue weighted by Gasteiger charge is 2.53. The third kappa shape index (κ3) is 1.11. The smallest absolute Gasteiger partial charge is 0.109 e. The highest BCUT2D eigenvalue weighted by atomic mass is 16.5. The van der Waals surface area contributed by atoms with Crippen LogP contribution in [0.1, 0.15) is 27.7 Å². The van der Waals surface area contributed by atoms with Crippen molar-refractivity contribution in [3.05, 3.63) is 0 Å². The highest BCUT2D eigenvalue weighted by Crippen LogP contribution is 2.51. The molecule has 0 aromatic carbocycles. The molecule has 1 N–H and O–H groups in total. The van der Waals surface area contributed by atoms with Gasteiger partial charge in [-0.15, -0.1) is 0 Å². The summed E-state index contributed by atoms with van der Waals surface area (Å²) in [5, 5.41) is 9.07. The zero-order valence-corrected chi connectivity index (χ0v) is 8.29. The highest BCUT2D eigenvalue weighted by molar-refractivity contribution is 6.11. The largest absolute Gasteiger partial charge is 0.394 e. The first-order valence-electron chi connectivity index (χ1n) is 4.36. The van der Waals surface area contributed by atoms with Crippen LogP contribution in [-0.4, -0.2) is 31.7 Å². The number of ether oxygens (including phenoxy) is 1. The van der Waals surface area contributed by atoms with Crippen LogP contribution in [0.3, 0.4) is 0 Å². The molecule has 1 rings (SSSR count). The van der Waals surface area contributed by atoms with Crippen LogP contribution in [0.15, 0.2) is 0 Å².